The number of rotatable bonds is 7. The first-order valence-electron chi connectivity index (χ1n) is 10.1. The molecular weight excluding hydrogens is 522 g/mol. The fraction of sp³-hybridized carbons (Fsp3) is 0.125. The van der Waals surface area contributed by atoms with E-state index in [0.717, 1.165) is 24.3 Å². The molecule has 0 aliphatic rings. The minimum absolute atomic E-state index is 0.0210. The van der Waals surface area contributed by atoms with E-state index in [1.807, 2.05) is 0 Å². The van der Waals surface area contributed by atoms with Crippen molar-refractivity contribution < 1.29 is 32.2 Å². The molecule has 36 heavy (non-hydrogen) atoms. The molecule has 0 saturated carbocycles. The van der Waals surface area contributed by atoms with Gasteiger partial charge in [0.2, 0.25) is 0 Å². The van der Waals surface area contributed by atoms with Gasteiger partial charge in [-0.05, 0) is 66.2 Å². The van der Waals surface area contributed by atoms with Crippen molar-refractivity contribution in [3.8, 4) is 11.5 Å². The molecule has 0 spiro atoms. The number of hydrogen-bond acceptors (Lipinski definition) is 5. The number of alkyl halides is 3. The molecule has 12 heteroatoms. The Kier molecular flexibility index (Phi) is 8.78. The molecule has 0 saturated heterocycles. The number of nitrogens with one attached hydrogen (secondary N) is 2. The van der Waals surface area contributed by atoms with Crippen LogP contribution in [0.5, 0.6) is 11.5 Å². The predicted molar refractivity (Wildman–Crippen MR) is 130 cm³/mol. The molecule has 2 N–H and O–H groups in total. The lowest BCUT2D eigenvalue weighted by Gasteiger charge is -2.12. The highest BCUT2D eigenvalue weighted by molar-refractivity contribution is 6.39. The van der Waals surface area contributed by atoms with Crippen LogP contribution >= 0.6 is 23.2 Å². The second-order valence-corrected chi connectivity index (χ2v) is 8.01. The number of halogens is 5. The zero-order valence-electron chi connectivity index (χ0n) is 18.5. The highest BCUT2D eigenvalue weighted by Crippen LogP contribution is 2.30. The lowest BCUT2D eigenvalue weighted by Crippen LogP contribution is -2.32. The van der Waals surface area contributed by atoms with E-state index in [4.69, 9.17) is 32.7 Å². The normalized spacial score (nSPS) is 11.3. The zero-order valence-corrected chi connectivity index (χ0v) is 20.0. The Morgan fingerprint density at radius 2 is 1.67 bits per heavy atom. The van der Waals surface area contributed by atoms with Crippen LogP contribution in [-0.4, -0.2) is 25.1 Å². The number of carbonyl (C=O) groups is 2. The van der Waals surface area contributed by atoms with Crippen LogP contribution in [0.15, 0.2) is 65.8 Å². The number of anilines is 1. The number of benzene rings is 3. The molecule has 0 bridgehead atoms. The van der Waals surface area contributed by atoms with E-state index in [0.29, 0.717) is 32.7 Å². The van der Waals surface area contributed by atoms with Gasteiger partial charge in [-0.1, -0.05) is 23.2 Å². The molecule has 3 aromatic carbocycles. The molecule has 0 aromatic heterocycles. The molecule has 2 amide bonds. The highest BCUT2D eigenvalue weighted by Gasteiger charge is 2.30. The predicted octanol–water partition coefficient (Wildman–Crippen LogP) is 5.69. The van der Waals surface area contributed by atoms with Crippen molar-refractivity contribution in [3.63, 3.8) is 0 Å². The number of amides is 2. The number of nitrogens with zero attached hydrogens (tertiary/aromatic N) is 1. The van der Waals surface area contributed by atoms with Gasteiger partial charge < -0.3 is 14.8 Å². The van der Waals surface area contributed by atoms with Crippen molar-refractivity contribution in [1.82, 2.24) is 5.43 Å². The van der Waals surface area contributed by atoms with Crippen LogP contribution in [0.1, 0.15) is 16.7 Å². The summed E-state index contributed by atoms with van der Waals surface area (Å²) in [6, 6.07) is 13.5. The van der Waals surface area contributed by atoms with Gasteiger partial charge in [0.25, 0.3) is 0 Å². The van der Waals surface area contributed by atoms with Crippen LogP contribution < -0.4 is 20.2 Å². The van der Waals surface area contributed by atoms with Gasteiger partial charge in [-0.15, -0.1) is 0 Å². The topological polar surface area (TPSA) is 89.0 Å². The number of ether oxygens (including phenoxy) is 2. The quantitative estimate of drug-likeness (QED) is 0.229. The number of hydrazone groups is 1. The van der Waals surface area contributed by atoms with Crippen molar-refractivity contribution in [3.05, 3.63) is 87.4 Å². The molecule has 0 unspecified atom stereocenters. The van der Waals surface area contributed by atoms with E-state index in [9.17, 15) is 22.8 Å². The second kappa shape index (κ2) is 11.8. The Hall–Kier alpha value is -3.76. The number of carbonyl (C=O) groups excluding carboxylic acids is 2. The van der Waals surface area contributed by atoms with E-state index in [-0.39, 0.29) is 12.3 Å². The summed E-state index contributed by atoms with van der Waals surface area (Å²) in [4.78, 5) is 23.9. The fourth-order valence-electron chi connectivity index (χ4n) is 2.89. The third-order valence-electron chi connectivity index (χ3n) is 4.64. The molecule has 7 nitrogen and oxygen atoms in total. The third-order valence-corrected chi connectivity index (χ3v) is 5.17. The summed E-state index contributed by atoms with van der Waals surface area (Å²) in [6.45, 7) is 0.105. The van der Waals surface area contributed by atoms with Crippen LogP contribution in [0.4, 0.5) is 18.9 Å². The SMILES string of the molecule is COc1ccc(/C=N/NC(=O)C(=O)Nc2ccc(C(F)(F)F)cc2)cc1COc1ccc(Cl)cc1Cl. The lowest BCUT2D eigenvalue weighted by molar-refractivity contribution is -0.137. The van der Waals surface area contributed by atoms with Crippen LogP contribution in [0, 0.1) is 0 Å². The van der Waals surface area contributed by atoms with E-state index in [1.54, 1.807) is 36.4 Å². The first-order valence-corrected chi connectivity index (χ1v) is 10.9. The summed E-state index contributed by atoms with van der Waals surface area (Å²) >= 11 is 12.0. The van der Waals surface area contributed by atoms with Gasteiger partial charge in [-0.25, -0.2) is 5.43 Å². The summed E-state index contributed by atoms with van der Waals surface area (Å²) in [6.07, 6.45) is -3.22. The monoisotopic (exact) mass is 539 g/mol. The molecule has 0 radical (unpaired) electrons. The van der Waals surface area contributed by atoms with Crippen LogP contribution in [0.2, 0.25) is 10.0 Å². The van der Waals surface area contributed by atoms with Gasteiger partial charge in [-0.2, -0.15) is 18.3 Å². The van der Waals surface area contributed by atoms with E-state index in [2.05, 4.69) is 15.8 Å². The smallest absolute Gasteiger partial charge is 0.416 e. The molecule has 0 atom stereocenters. The molecule has 0 aliphatic carbocycles. The maximum absolute atomic E-state index is 12.6. The van der Waals surface area contributed by atoms with Crippen LogP contribution in [0.25, 0.3) is 0 Å². The Bertz CT molecular complexity index is 1280. The molecule has 0 aliphatic heterocycles. The first-order chi connectivity index (χ1) is 17.1. The van der Waals surface area contributed by atoms with E-state index in [1.165, 1.54) is 13.3 Å². The molecule has 0 heterocycles. The zero-order chi connectivity index (χ0) is 26.3. The summed E-state index contributed by atoms with van der Waals surface area (Å²) in [7, 11) is 1.50. The van der Waals surface area contributed by atoms with Crippen LogP contribution in [0.3, 0.4) is 0 Å². The van der Waals surface area contributed by atoms with Crippen molar-refractivity contribution in [2.24, 2.45) is 5.10 Å². The molecule has 0 fully saturated rings. The summed E-state index contributed by atoms with van der Waals surface area (Å²) in [5, 5.41) is 6.74. The van der Waals surface area contributed by atoms with Crippen LogP contribution in [-0.2, 0) is 22.4 Å². The van der Waals surface area contributed by atoms with Crippen molar-refractivity contribution in [1.29, 1.82) is 0 Å². The Balaban J connectivity index is 1.59. The van der Waals surface area contributed by atoms with E-state index < -0.39 is 23.6 Å². The Morgan fingerprint density at radius 1 is 0.972 bits per heavy atom. The van der Waals surface area contributed by atoms with Crippen molar-refractivity contribution >= 4 is 46.9 Å². The lowest BCUT2D eigenvalue weighted by atomic mass is 10.1. The van der Waals surface area contributed by atoms with Gasteiger partial charge in [-0.3, -0.25) is 9.59 Å². The highest BCUT2D eigenvalue weighted by atomic mass is 35.5. The Morgan fingerprint density at radius 3 is 2.31 bits per heavy atom. The van der Waals surface area contributed by atoms with Gasteiger partial charge in [0, 0.05) is 16.3 Å². The van der Waals surface area contributed by atoms with Gasteiger partial charge in [0.1, 0.15) is 18.1 Å². The Labute approximate surface area is 213 Å². The fourth-order valence-corrected chi connectivity index (χ4v) is 3.35. The van der Waals surface area contributed by atoms with E-state index >= 15 is 0 Å². The number of methoxy groups -OCH3 is 1. The molecule has 188 valence electrons. The first kappa shape index (κ1) is 26.8. The second-order valence-electron chi connectivity index (χ2n) is 7.16. The molecular formula is C24H18Cl2F3N3O4. The van der Waals surface area contributed by atoms with Gasteiger partial charge in [0.05, 0.1) is 23.9 Å². The van der Waals surface area contributed by atoms with Crippen molar-refractivity contribution in [2.75, 3.05) is 12.4 Å². The molecule has 3 aromatic rings. The maximum atomic E-state index is 12.6. The summed E-state index contributed by atoms with van der Waals surface area (Å²) in [5.74, 6) is -1.25. The minimum atomic E-state index is -4.51. The largest absolute Gasteiger partial charge is 0.496 e. The van der Waals surface area contributed by atoms with Gasteiger partial charge >= 0.3 is 18.0 Å². The van der Waals surface area contributed by atoms with Gasteiger partial charge in [0.15, 0.2) is 0 Å². The summed E-state index contributed by atoms with van der Waals surface area (Å²) in [5.41, 5.74) is 2.40. The standard InChI is InChI=1S/C24H18Cl2F3N3O4/c1-35-20-8-2-14(10-15(20)13-36-21-9-5-17(25)11-19(21)26)12-30-32-23(34)22(33)31-18-6-3-16(4-7-18)24(27,28)29/h2-12H,13H2,1H3,(H,31,33)(H,32,34)/b30-12+. The average molecular weight is 540 g/mol. The average Bonchev–Trinajstić information content (AvgIpc) is 2.83. The minimum Gasteiger partial charge on any atom is -0.496 e. The van der Waals surface area contributed by atoms with Crippen molar-refractivity contribution in [2.45, 2.75) is 12.8 Å². The molecule has 3 rings (SSSR count). The number of hydrogen-bond donors (Lipinski definition) is 2. The summed E-state index contributed by atoms with van der Waals surface area (Å²) < 4.78 is 48.9. The third kappa shape index (κ3) is 7.37. The maximum Gasteiger partial charge on any atom is 0.416 e.